The van der Waals surface area contributed by atoms with Crippen molar-refractivity contribution in [3.05, 3.63) is 28.8 Å². The molecule has 0 aliphatic carbocycles. The van der Waals surface area contributed by atoms with Gasteiger partial charge in [0.15, 0.2) is 0 Å². The third-order valence-corrected chi connectivity index (χ3v) is 4.11. The standard InChI is InChI=1S/C18H27NO4/c1-6-15-8-12-7-14(11-20)16(22-5)9-13(12)10-19(15)17(21)23-18(2,3)4/h7,9,15,20H,6,8,10-11H2,1-5H3. The van der Waals surface area contributed by atoms with Gasteiger partial charge in [0, 0.05) is 18.2 Å². The molecule has 23 heavy (non-hydrogen) atoms. The fourth-order valence-corrected chi connectivity index (χ4v) is 2.94. The summed E-state index contributed by atoms with van der Waals surface area (Å²) in [6.07, 6.45) is 1.35. The highest BCUT2D eigenvalue weighted by molar-refractivity contribution is 5.69. The van der Waals surface area contributed by atoms with Crippen molar-refractivity contribution < 1.29 is 19.4 Å². The number of aliphatic hydroxyl groups is 1. The van der Waals surface area contributed by atoms with E-state index in [9.17, 15) is 9.90 Å². The number of methoxy groups -OCH3 is 1. The summed E-state index contributed by atoms with van der Waals surface area (Å²) >= 11 is 0. The van der Waals surface area contributed by atoms with Gasteiger partial charge in [-0.25, -0.2) is 4.79 Å². The van der Waals surface area contributed by atoms with Gasteiger partial charge in [-0.3, -0.25) is 0 Å². The third kappa shape index (κ3) is 3.96. The molecule has 1 unspecified atom stereocenters. The van der Waals surface area contributed by atoms with E-state index < -0.39 is 5.60 Å². The Bertz CT molecular complexity index is 577. The van der Waals surface area contributed by atoms with E-state index in [-0.39, 0.29) is 18.7 Å². The Hall–Kier alpha value is -1.75. The molecule has 1 aliphatic heterocycles. The molecule has 5 nitrogen and oxygen atoms in total. The van der Waals surface area contributed by atoms with Crippen LogP contribution in [0.2, 0.25) is 0 Å². The molecule has 1 heterocycles. The maximum Gasteiger partial charge on any atom is 0.410 e. The van der Waals surface area contributed by atoms with E-state index in [0.717, 1.165) is 24.0 Å². The molecule has 1 amide bonds. The van der Waals surface area contributed by atoms with E-state index in [4.69, 9.17) is 9.47 Å². The second-order valence-electron chi connectivity index (χ2n) is 6.97. The maximum atomic E-state index is 12.5. The van der Waals surface area contributed by atoms with Gasteiger partial charge in [-0.2, -0.15) is 0 Å². The van der Waals surface area contributed by atoms with Crippen molar-refractivity contribution in [2.45, 2.75) is 65.3 Å². The predicted molar refractivity (Wildman–Crippen MR) is 88.5 cm³/mol. The summed E-state index contributed by atoms with van der Waals surface area (Å²) in [5, 5.41) is 9.48. The average molecular weight is 321 g/mol. The van der Waals surface area contributed by atoms with Crippen molar-refractivity contribution in [3.8, 4) is 5.75 Å². The van der Waals surface area contributed by atoms with Gasteiger partial charge >= 0.3 is 6.09 Å². The van der Waals surface area contributed by atoms with E-state index in [0.29, 0.717) is 12.3 Å². The Kier molecular flexibility index (Phi) is 5.19. The highest BCUT2D eigenvalue weighted by atomic mass is 16.6. The Morgan fingerprint density at radius 1 is 1.35 bits per heavy atom. The van der Waals surface area contributed by atoms with Crippen LogP contribution in [-0.2, 0) is 24.3 Å². The van der Waals surface area contributed by atoms with Gasteiger partial charge in [-0.05, 0) is 56.9 Å². The zero-order valence-electron chi connectivity index (χ0n) is 14.7. The molecule has 2 rings (SSSR count). The monoisotopic (exact) mass is 321 g/mol. The average Bonchev–Trinajstić information content (AvgIpc) is 2.50. The molecular formula is C18H27NO4. The fraction of sp³-hybridized carbons (Fsp3) is 0.611. The van der Waals surface area contributed by atoms with Crippen LogP contribution in [0.5, 0.6) is 5.75 Å². The number of fused-ring (bicyclic) bond motifs is 1. The van der Waals surface area contributed by atoms with E-state index in [1.54, 1.807) is 12.0 Å². The highest BCUT2D eigenvalue weighted by Gasteiger charge is 2.32. The number of hydrogen-bond acceptors (Lipinski definition) is 4. The number of benzene rings is 1. The summed E-state index contributed by atoms with van der Waals surface area (Å²) in [6.45, 7) is 8.15. The van der Waals surface area contributed by atoms with E-state index >= 15 is 0 Å². The zero-order chi connectivity index (χ0) is 17.2. The summed E-state index contributed by atoms with van der Waals surface area (Å²) in [5.74, 6) is 0.658. The van der Waals surface area contributed by atoms with Crippen LogP contribution in [0.1, 0.15) is 50.8 Å². The molecule has 0 radical (unpaired) electrons. The number of rotatable bonds is 3. The van der Waals surface area contributed by atoms with Gasteiger partial charge in [-0.15, -0.1) is 0 Å². The molecule has 0 saturated heterocycles. The number of hydrogen-bond donors (Lipinski definition) is 1. The van der Waals surface area contributed by atoms with Crippen LogP contribution in [0.4, 0.5) is 4.79 Å². The predicted octanol–water partition coefficient (Wildman–Crippen LogP) is 3.26. The van der Waals surface area contributed by atoms with Gasteiger partial charge in [0.1, 0.15) is 11.4 Å². The molecule has 128 valence electrons. The van der Waals surface area contributed by atoms with E-state index in [1.165, 1.54) is 5.56 Å². The van der Waals surface area contributed by atoms with Crippen LogP contribution in [0, 0.1) is 0 Å². The summed E-state index contributed by atoms with van der Waals surface area (Å²) < 4.78 is 10.9. The smallest absolute Gasteiger partial charge is 0.410 e. The minimum Gasteiger partial charge on any atom is -0.496 e. The fourth-order valence-electron chi connectivity index (χ4n) is 2.94. The van der Waals surface area contributed by atoms with Crippen molar-refractivity contribution in [3.63, 3.8) is 0 Å². The van der Waals surface area contributed by atoms with Crippen LogP contribution in [0.25, 0.3) is 0 Å². The Balaban J connectivity index is 2.31. The molecule has 0 fully saturated rings. The normalized spacial score (nSPS) is 17.7. The minimum absolute atomic E-state index is 0.0526. The minimum atomic E-state index is -0.506. The topological polar surface area (TPSA) is 59.0 Å². The first-order chi connectivity index (χ1) is 10.8. The molecule has 0 saturated carbocycles. The second-order valence-corrected chi connectivity index (χ2v) is 6.97. The number of aliphatic hydroxyl groups excluding tert-OH is 1. The van der Waals surface area contributed by atoms with E-state index in [1.807, 2.05) is 32.9 Å². The first-order valence-electron chi connectivity index (χ1n) is 8.08. The van der Waals surface area contributed by atoms with Crippen LogP contribution in [0.15, 0.2) is 12.1 Å². The van der Waals surface area contributed by atoms with Crippen molar-refractivity contribution in [2.24, 2.45) is 0 Å². The Labute approximate surface area is 138 Å². The quantitative estimate of drug-likeness (QED) is 0.928. The highest BCUT2D eigenvalue weighted by Crippen LogP contribution is 2.32. The number of amides is 1. The lowest BCUT2D eigenvalue weighted by Gasteiger charge is -2.37. The summed E-state index contributed by atoms with van der Waals surface area (Å²) in [6, 6.07) is 4.02. The molecule has 1 N–H and O–H groups in total. The van der Waals surface area contributed by atoms with Crippen molar-refractivity contribution in [2.75, 3.05) is 7.11 Å². The zero-order valence-corrected chi connectivity index (χ0v) is 14.7. The summed E-state index contributed by atoms with van der Waals surface area (Å²) in [7, 11) is 1.59. The van der Waals surface area contributed by atoms with Crippen LogP contribution in [-0.4, -0.2) is 34.9 Å². The third-order valence-electron chi connectivity index (χ3n) is 4.11. The lowest BCUT2D eigenvalue weighted by atomic mass is 9.91. The number of ether oxygens (including phenoxy) is 2. The molecule has 0 bridgehead atoms. The first kappa shape index (κ1) is 17.6. The van der Waals surface area contributed by atoms with Gasteiger partial charge in [0.25, 0.3) is 0 Å². The molecule has 1 aromatic rings. The first-order valence-corrected chi connectivity index (χ1v) is 8.08. The van der Waals surface area contributed by atoms with E-state index in [2.05, 4.69) is 6.92 Å². The lowest BCUT2D eigenvalue weighted by molar-refractivity contribution is 0.0114. The number of nitrogens with zero attached hydrogens (tertiary/aromatic N) is 1. The molecule has 1 atom stereocenters. The SMILES string of the molecule is CCC1Cc2cc(CO)c(OC)cc2CN1C(=O)OC(C)(C)C. The largest absolute Gasteiger partial charge is 0.496 e. The molecule has 1 aromatic carbocycles. The number of carbonyl (C=O) groups is 1. The molecule has 5 heteroatoms. The molecule has 1 aliphatic rings. The molecule has 0 aromatic heterocycles. The lowest BCUT2D eigenvalue weighted by Crippen LogP contribution is -2.46. The Morgan fingerprint density at radius 3 is 2.57 bits per heavy atom. The second kappa shape index (κ2) is 6.79. The van der Waals surface area contributed by atoms with Crippen LogP contribution in [0.3, 0.4) is 0 Å². The molecular weight excluding hydrogens is 294 g/mol. The van der Waals surface area contributed by atoms with Gasteiger partial charge in [-0.1, -0.05) is 6.92 Å². The summed E-state index contributed by atoms with van der Waals surface area (Å²) in [4.78, 5) is 14.3. The van der Waals surface area contributed by atoms with Gasteiger partial charge < -0.3 is 19.5 Å². The van der Waals surface area contributed by atoms with Gasteiger partial charge in [0.2, 0.25) is 0 Å². The van der Waals surface area contributed by atoms with Crippen LogP contribution < -0.4 is 4.74 Å². The van der Waals surface area contributed by atoms with Crippen molar-refractivity contribution in [1.29, 1.82) is 0 Å². The maximum absolute atomic E-state index is 12.5. The summed E-state index contributed by atoms with van der Waals surface area (Å²) in [5.41, 5.74) is 2.50. The van der Waals surface area contributed by atoms with Crippen molar-refractivity contribution >= 4 is 6.09 Å². The van der Waals surface area contributed by atoms with Crippen LogP contribution >= 0.6 is 0 Å². The van der Waals surface area contributed by atoms with Crippen molar-refractivity contribution in [1.82, 2.24) is 4.90 Å². The Morgan fingerprint density at radius 2 is 2.04 bits per heavy atom. The van der Waals surface area contributed by atoms with Gasteiger partial charge in [0.05, 0.1) is 13.7 Å². The number of carbonyl (C=O) groups excluding carboxylic acids is 1. The molecule has 0 spiro atoms.